The molecule has 2 aliphatic heterocycles. The molecule has 1 aliphatic carbocycles. The van der Waals surface area contributed by atoms with Crippen LogP contribution in [0.15, 0.2) is 15.3 Å². The number of hydrogen-bond donors (Lipinski definition) is 0. The lowest BCUT2D eigenvalue weighted by atomic mass is 9.83. The second kappa shape index (κ2) is 6.80. The quantitative estimate of drug-likeness (QED) is 0.815. The molecule has 1 atom stereocenters. The summed E-state index contributed by atoms with van der Waals surface area (Å²) in [6.45, 7) is 6.35. The molecular weight excluding hydrogens is 344 g/mol. The lowest BCUT2D eigenvalue weighted by Crippen LogP contribution is -2.39. The van der Waals surface area contributed by atoms with Crippen molar-refractivity contribution < 1.29 is 14.0 Å². The van der Waals surface area contributed by atoms with Gasteiger partial charge in [-0.3, -0.25) is 9.59 Å². The summed E-state index contributed by atoms with van der Waals surface area (Å²) in [5.41, 5.74) is -0.172. The van der Waals surface area contributed by atoms with Crippen molar-refractivity contribution in [3.63, 3.8) is 0 Å². The molecule has 27 heavy (non-hydrogen) atoms. The SMILES string of the molecule is CCCN1CCC2(CCN(C(=O)c3c(C)cc(C4CCC4)oc3=O)C2)C1=O. The maximum absolute atomic E-state index is 13.0. The highest BCUT2D eigenvalue weighted by atomic mass is 16.4. The Hall–Kier alpha value is -2.11. The van der Waals surface area contributed by atoms with Gasteiger partial charge in [-0.05, 0) is 50.7 Å². The first kappa shape index (κ1) is 18.3. The third kappa shape index (κ3) is 2.99. The largest absolute Gasteiger partial charge is 0.427 e. The van der Waals surface area contributed by atoms with Crippen molar-refractivity contribution in [1.82, 2.24) is 9.80 Å². The number of carbonyl (C=O) groups is 2. The number of amides is 2. The minimum absolute atomic E-state index is 0.131. The Morgan fingerprint density at radius 2 is 2.00 bits per heavy atom. The van der Waals surface area contributed by atoms with Crippen LogP contribution in [0.1, 0.15) is 73.0 Å². The molecule has 1 saturated carbocycles. The molecule has 1 aromatic heterocycles. The molecule has 146 valence electrons. The van der Waals surface area contributed by atoms with Gasteiger partial charge >= 0.3 is 5.63 Å². The second-order valence-corrected chi connectivity index (χ2v) is 8.42. The standard InChI is InChI=1S/C21H28N2O4/c1-3-9-22-10-7-21(20(22)26)8-11-23(13-21)18(24)17-14(2)12-16(27-19(17)25)15-5-4-6-15/h12,15H,3-11,13H2,1-2H3. The van der Waals surface area contributed by atoms with E-state index in [1.54, 1.807) is 4.90 Å². The number of nitrogens with zero attached hydrogens (tertiary/aromatic N) is 2. The summed E-state index contributed by atoms with van der Waals surface area (Å²) in [7, 11) is 0. The number of likely N-dealkylation sites (tertiary alicyclic amines) is 2. The predicted molar refractivity (Wildman–Crippen MR) is 101 cm³/mol. The van der Waals surface area contributed by atoms with Crippen molar-refractivity contribution in [2.75, 3.05) is 26.2 Å². The Balaban J connectivity index is 1.53. The number of aryl methyl sites for hydroxylation is 1. The molecule has 0 bridgehead atoms. The second-order valence-electron chi connectivity index (χ2n) is 8.42. The molecule has 1 unspecified atom stereocenters. The Kier molecular flexibility index (Phi) is 4.60. The fourth-order valence-corrected chi connectivity index (χ4v) is 4.74. The average Bonchev–Trinajstić information content (AvgIpc) is 3.13. The van der Waals surface area contributed by atoms with Crippen LogP contribution in [0.3, 0.4) is 0 Å². The molecule has 2 amide bonds. The van der Waals surface area contributed by atoms with Gasteiger partial charge in [0.05, 0.1) is 5.41 Å². The molecule has 4 rings (SSSR count). The van der Waals surface area contributed by atoms with Crippen molar-refractivity contribution >= 4 is 11.8 Å². The van der Waals surface area contributed by atoms with E-state index in [9.17, 15) is 14.4 Å². The van der Waals surface area contributed by atoms with Gasteiger partial charge in [0.25, 0.3) is 5.91 Å². The smallest absolute Gasteiger partial charge is 0.349 e. The van der Waals surface area contributed by atoms with E-state index in [1.165, 1.54) is 0 Å². The van der Waals surface area contributed by atoms with Crippen LogP contribution in [0.2, 0.25) is 0 Å². The molecule has 3 fully saturated rings. The van der Waals surface area contributed by atoms with E-state index in [4.69, 9.17) is 4.42 Å². The maximum atomic E-state index is 13.0. The average molecular weight is 372 g/mol. The van der Waals surface area contributed by atoms with Gasteiger partial charge in [-0.15, -0.1) is 0 Å². The molecule has 3 aliphatic rings. The minimum Gasteiger partial charge on any atom is -0.427 e. The summed E-state index contributed by atoms with van der Waals surface area (Å²) in [5, 5.41) is 0. The van der Waals surface area contributed by atoms with E-state index in [-0.39, 0.29) is 17.4 Å². The van der Waals surface area contributed by atoms with Gasteiger partial charge in [-0.25, -0.2) is 4.79 Å². The fourth-order valence-electron chi connectivity index (χ4n) is 4.74. The molecule has 2 saturated heterocycles. The topological polar surface area (TPSA) is 70.8 Å². The van der Waals surface area contributed by atoms with Crippen LogP contribution < -0.4 is 5.63 Å². The third-order valence-corrected chi connectivity index (χ3v) is 6.62. The van der Waals surface area contributed by atoms with E-state index >= 15 is 0 Å². The van der Waals surface area contributed by atoms with E-state index < -0.39 is 11.0 Å². The first-order chi connectivity index (χ1) is 12.9. The molecule has 0 N–H and O–H groups in total. The highest BCUT2D eigenvalue weighted by Gasteiger charge is 2.51. The Morgan fingerprint density at radius 1 is 1.26 bits per heavy atom. The summed E-state index contributed by atoms with van der Waals surface area (Å²) >= 11 is 0. The van der Waals surface area contributed by atoms with Crippen molar-refractivity contribution in [3.8, 4) is 0 Å². The van der Waals surface area contributed by atoms with E-state index in [1.807, 2.05) is 17.9 Å². The van der Waals surface area contributed by atoms with Crippen molar-refractivity contribution in [3.05, 3.63) is 33.4 Å². The van der Waals surface area contributed by atoms with Gasteiger partial charge in [0, 0.05) is 32.1 Å². The van der Waals surface area contributed by atoms with E-state index in [0.717, 1.165) is 45.2 Å². The lowest BCUT2D eigenvalue weighted by molar-refractivity contribution is -0.135. The van der Waals surface area contributed by atoms with Crippen molar-refractivity contribution in [1.29, 1.82) is 0 Å². The van der Waals surface area contributed by atoms with Crippen LogP contribution in [-0.2, 0) is 4.79 Å². The van der Waals surface area contributed by atoms with Gasteiger partial charge in [0.1, 0.15) is 11.3 Å². The zero-order chi connectivity index (χ0) is 19.2. The summed E-state index contributed by atoms with van der Waals surface area (Å²) in [5.74, 6) is 0.902. The molecule has 6 heteroatoms. The fraction of sp³-hybridized carbons (Fsp3) is 0.667. The third-order valence-electron chi connectivity index (χ3n) is 6.62. The van der Waals surface area contributed by atoms with Crippen LogP contribution in [0.25, 0.3) is 0 Å². The predicted octanol–water partition coefficient (Wildman–Crippen LogP) is 2.69. The Labute approximate surface area is 159 Å². The minimum atomic E-state index is -0.534. The van der Waals surface area contributed by atoms with Gasteiger partial charge in [-0.2, -0.15) is 0 Å². The normalized spacial score (nSPS) is 25.5. The van der Waals surface area contributed by atoms with E-state index in [2.05, 4.69) is 6.92 Å². The Bertz CT molecular complexity index is 826. The molecule has 0 radical (unpaired) electrons. The molecule has 0 aromatic carbocycles. The zero-order valence-corrected chi connectivity index (χ0v) is 16.3. The van der Waals surface area contributed by atoms with Gasteiger partial charge in [0.2, 0.25) is 5.91 Å². The first-order valence-electron chi connectivity index (χ1n) is 10.2. The van der Waals surface area contributed by atoms with Crippen molar-refractivity contribution in [2.24, 2.45) is 5.41 Å². The summed E-state index contributed by atoms with van der Waals surface area (Å²) in [6, 6.07) is 1.86. The van der Waals surface area contributed by atoms with Crippen molar-refractivity contribution in [2.45, 2.75) is 58.3 Å². The number of rotatable bonds is 4. The molecule has 3 heterocycles. The number of carbonyl (C=O) groups excluding carboxylic acids is 2. The summed E-state index contributed by atoms with van der Waals surface area (Å²) in [4.78, 5) is 42.0. The molecule has 6 nitrogen and oxygen atoms in total. The lowest BCUT2D eigenvalue weighted by Gasteiger charge is -2.25. The maximum Gasteiger partial charge on any atom is 0.349 e. The summed E-state index contributed by atoms with van der Waals surface area (Å²) in [6.07, 6.45) is 5.67. The Morgan fingerprint density at radius 3 is 2.63 bits per heavy atom. The molecular formula is C21H28N2O4. The zero-order valence-electron chi connectivity index (χ0n) is 16.3. The van der Waals surface area contributed by atoms with E-state index in [0.29, 0.717) is 36.8 Å². The van der Waals surface area contributed by atoms with Crippen LogP contribution in [-0.4, -0.2) is 47.8 Å². The first-order valence-corrected chi connectivity index (χ1v) is 10.2. The highest BCUT2D eigenvalue weighted by Crippen LogP contribution is 2.41. The molecule has 1 aromatic rings. The highest BCUT2D eigenvalue weighted by molar-refractivity contribution is 5.96. The van der Waals surface area contributed by atoms with Crippen LogP contribution in [0.4, 0.5) is 0 Å². The monoisotopic (exact) mass is 372 g/mol. The molecule has 1 spiro atoms. The van der Waals surface area contributed by atoms with Gasteiger partial charge in [0.15, 0.2) is 0 Å². The van der Waals surface area contributed by atoms with Crippen LogP contribution in [0, 0.1) is 12.3 Å². The number of hydrogen-bond acceptors (Lipinski definition) is 4. The van der Waals surface area contributed by atoms with Gasteiger partial charge in [-0.1, -0.05) is 13.3 Å². The van der Waals surface area contributed by atoms with Crippen LogP contribution in [0.5, 0.6) is 0 Å². The van der Waals surface area contributed by atoms with Crippen LogP contribution >= 0.6 is 0 Å². The van der Waals surface area contributed by atoms with Gasteiger partial charge < -0.3 is 14.2 Å². The summed E-state index contributed by atoms with van der Waals surface area (Å²) < 4.78 is 5.48.